The molecule has 9 nitrogen and oxygen atoms in total. The number of anilines is 1. The van der Waals surface area contributed by atoms with E-state index in [1.54, 1.807) is 12.1 Å². The van der Waals surface area contributed by atoms with E-state index >= 15 is 0 Å². The Balaban J connectivity index is 1.97. The first-order valence-corrected chi connectivity index (χ1v) is 12.7. The zero-order valence-electron chi connectivity index (χ0n) is 20.8. The zero-order chi connectivity index (χ0) is 26.6. The van der Waals surface area contributed by atoms with Crippen molar-refractivity contribution < 1.29 is 22.9 Å². The minimum Gasteiger partial charge on any atom is -0.497 e. The topological polar surface area (TPSA) is 119 Å². The zero-order valence-corrected chi connectivity index (χ0v) is 21.6. The van der Waals surface area contributed by atoms with Crippen molar-refractivity contribution in [2.45, 2.75) is 38.6 Å². The van der Waals surface area contributed by atoms with Crippen LogP contribution in [0.2, 0.25) is 0 Å². The number of nitro benzene ring substituents is 1. The van der Waals surface area contributed by atoms with Crippen LogP contribution < -0.4 is 14.4 Å². The fraction of sp³-hybridized carbons (Fsp3) is 0.269. The quantitative estimate of drug-likeness (QED) is 0.331. The summed E-state index contributed by atoms with van der Waals surface area (Å²) in [7, 11) is -2.85. The van der Waals surface area contributed by atoms with E-state index in [4.69, 9.17) is 4.74 Å². The van der Waals surface area contributed by atoms with E-state index in [1.807, 2.05) is 39.0 Å². The van der Waals surface area contributed by atoms with Crippen LogP contribution in [0.5, 0.6) is 5.75 Å². The second-order valence-electron chi connectivity index (χ2n) is 8.56. The third kappa shape index (κ3) is 5.83. The molecule has 0 saturated carbocycles. The molecular formula is C26H29N3O6S. The van der Waals surface area contributed by atoms with Gasteiger partial charge in [0.1, 0.15) is 12.3 Å². The van der Waals surface area contributed by atoms with Crippen molar-refractivity contribution in [3.05, 3.63) is 93.0 Å². The summed E-state index contributed by atoms with van der Waals surface area (Å²) in [5.41, 5.74) is 3.25. The summed E-state index contributed by atoms with van der Waals surface area (Å²) < 4.78 is 33.4. The lowest BCUT2D eigenvalue weighted by molar-refractivity contribution is -0.385. The van der Waals surface area contributed by atoms with Crippen LogP contribution in [-0.2, 0) is 14.8 Å². The van der Waals surface area contributed by atoms with Crippen molar-refractivity contribution in [1.82, 2.24) is 5.32 Å². The lowest BCUT2D eigenvalue weighted by atomic mass is 10.0. The predicted octanol–water partition coefficient (Wildman–Crippen LogP) is 4.60. The number of nitrogens with one attached hydrogen (secondary N) is 1. The van der Waals surface area contributed by atoms with Crippen molar-refractivity contribution in [3.63, 3.8) is 0 Å². The largest absolute Gasteiger partial charge is 0.497 e. The number of aryl methyl sites for hydroxylation is 3. The van der Waals surface area contributed by atoms with Crippen molar-refractivity contribution in [1.29, 1.82) is 0 Å². The van der Waals surface area contributed by atoms with Gasteiger partial charge in [-0.3, -0.25) is 19.2 Å². The molecule has 10 heteroatoms. The molecule has 1 amide bonds. The SMILES string of the molecule is COc1ccc(N(CC(=O)N[C@@H](C)c2ccc(C)cc2C)S(=O)(=O)c2ccc(C)c([N+](=O)[O-])c2)cc1. The molecule has 3 aromatic rings. The van der Waals surface area contributed by atoms with Crippen molar-refractivity contribution in [2.75, 3.05) is 18.0 Å². The van der Waals surface area contributed by atoms with E-state index in [9.17, 15) is 23.3 Å². The lowest BCUT2D eigenvalue weighted by Crippen LogP contribution is -2.41. The molecule has 1 N–H and O–H groups in total. The average molecular weight is 512 g/mol. The van der Waals surface area contributed by atoms with Crippen molar-refractivity contribution in [3.8, 4) is 5.75 Å². The molecule has 0 aliphatic heterocycles. The fourth-order valence-corrected chi connectivity index (χ4v) is 5.39. The molecule has 0 unspecified atom stereocenters. The number of sulfonamides is 1. The molecule has 0 heterocycles. The molecule has 3 aromatic carbocycles. The van der Waals surface area contributed by atoms with E-state index < -0.39 is 27.4 Å². The highest BCUT2D eigenvalue weighted by molar-refractivity contribution is 7.92. The molecule has 1 atom stereocenters. The third-order valence-corrected chi connectivity index (χ3v) is 7.65. The minimum absolute atomic E-state index is 0.216. The summed E-state index contributed by atoms with van der Waals surface area (Å²) in [6.07, 6.45) is 0. The molecule has 0 aliphatic rings. The van der Waals surface area contributed by atoms with Gasteiger partial charge in [-0.15, -0.1) is 0 Å². The number of nitro groups is 1. The number of hydrogen-bond acceptors (Lipinski definition) is 6. The highest BCUT2D eigenvalue weighted by Crippen LogP contribution is 2.29. The maximum Gasteiger partial charge on any atom is 0.273 e. The Morgan fingerprint density at radius 1 is 1.03 bits per heavy atom. The molecule has 0 bridgehead atoms. The Bertz CT molecular complexity index is 1390. The Labute approximate surface area is 210 Å². The van der Waals surface area contributed by atoms with Gasteiger partial charge in [-0.25, -0.2) is 8.42 Å². The molecule has 36 heavy (non-hydrogen) atoms. The normalized spacial score (nSPS) is 12.0. The first-order valence-electron chi connectivity index (χ1n) is 11.2. The highest BCUT2D eigenvalue weighted by atomic mass is 32.2. The number of hydrogen-bond donors (Lipinski definition) is 1. The molecule has 0 fully saturated rings. The molecule has 190 valence electrons. The Kier molecular flexibility index (Phi) is 7.99. The average Bonchev–Trinajstić information content (AvgIpc) is 2.82. The maximum atomic E-state index is 13.6. The second-order valence-corrected chi connectivity index (χ2v) is 10.4. The molecule has 0 radical (unpaired) electrons. The number of rotatable bonds is 9. The Morgan fingerprint density at radius 3 is 2.28 bits per heavy atom. The summed E-state index contributed by atoms with van der Waals surface area (Å²) in [5.74, 6) is -0.0153. The second kappa shape index (κ2) is 10.8. The van der Waals surface area contributed by atoms with E-state index in [2.05, 4.69) is 5.32 Å². The summed E-state index contributed by atoms with van der Waals surface area (Å²) in [4.78, 5) is 23.6. The molecule has 0 aliphatic carbocycles. The minimum atomic E-state index is -4.33. The van der Waals surface area contributed by atoms with Crippen LogP contribution in [0.1, 0.15) is 35.2 Å². The van der Waals surface area contributed by atoms with Gasteiger partial charge in [0.25, 0.3) is 15.7 Å². The van der Waals surface area contributed by atoms with Crippen LogP contribution in [0.4, 0.5) is 11.4 Å². The van der Waals surface area contributed by atoms with Crippen LogP contribution in [0, 0.1) is 30.9 Å². The highest BCUT2D eigenvalue weighted by Gasteiger charge is 2.30. The van der Waals surface area contributed by atoms with Crippen molar-refractivity contribution >= 4 is 27.3 Å². The number of benzene rings is 3. The molecule has 0 saturated heterocycles. The molecule has 0 spiro atoms. The van der Waals surface area contributed by atoms with Crippen LogP contribution in [-0.4, -0.2) is 32.9 Å². The monoisotopic (exact) mass is 511 g/mol. The van der Waals surface area contributed by atoms with Gasteiger partial charge in [-0.05, 0) is 69.2 Å². The number of amides is 1. The van der Waals surface area contributed by atoms with Crippen LogP contribution in [0.25, 0.3) is 0 Å². The van der Waals surface area contributed by atoms with E-state index in [0.717, 1.165) is 27.1 Å². The molecule has 3 rings (SSSR count). The number of nitrogens with zero attached hydrogens (tertiary/aromatic N) is 2. The lowest BCUT2D eigenvalue weighted by Gasteiger charge is -2.25. The van der Waals surface area contributed by atoms with E-state index in [1.165, 1.54) is 38.3 Å². The number of methoxy groups -OCH3 is 1. The summed E-state index contributed by atoms with van der Waals surface area (Å²) in [6.45, 7) is 6.75. The number of carbonyl (C=O) groups excluding carboxylic acids is 1. The van der Waals surface area contributed by atoms with Gasteiger partial charge in [0, 0.05) is 11.6 Å². The van der Waals surface area contributed by atoms with E-state index in [0.29, 0.717) is 11.3 Å². The first kappa shape index (κ1) is 26.7. The van der Waals surface area contributed by atoms with Gasteiger partial charge in [0.05, 0.1) is 28.7 Å². The Hall–Kier alpha value is -3.92. The molecule has 0 aromatic heterocycles. The van der Waals surface area contributed by atoms with Gasteiger partial charge >= 0.3 is 0 Å². The van der Waals surface area contributed by atoms with Gasteiger partial charge in [0.2, 0.25) is 5.91 Å². The van der Waals surface area contributed by atoms with Gasteiger partial charge < -0.3 is 10.1 Å². The maximum absolute atomic E-state index is 13.6. The standard InChI is InChI=1S/C26H29N3O6S/c1-17-6-13-24(19(3)14-17)20(4)27-26(30)16-28(21-8-10-22(35-5)11-9-21)36(33,34)23-12-7-18(2)25(15-23)29(31)32/h6-15,20H,16H2,1-5H3,(H,27,30)/t20-/m0/s1. The van der Waals surface area contributed by atoms with Crippen molar-refractivity contribution in [2.24, 2.45) is 0 Å². The van der Waals surface area contributed by atoms with Crippen LogP contribution in [0.3, 0.4) is 0 Å². The summed E-state index contributed by atoms with van der Waals surface area (Å²) in [5, 5.41) is 14.3. The van der Waals surface area contributed by atoms with E-state index in [-0.39, 0.29) is 22.3 Å². The first-order chi connectivity index (χ1) is 16.9. The smallest absolute Gasteiger partial charge is 0.273 e. The van der Waals surface area contributed by atoms with Crippen LogP contribution >= 0.6 is 0 Å². The summed E-state index contributed by atoms with van der Waals surface area (Å²) >= 11 is 0. The summed E-state index contributed by atoms with van der Waals surface area (Å²) in [6, 6.07) is 15.4. The molecular weight excluding hydrogens is 482 g/mol. The van der Waals surface area contributed by atoms with Crippen LogP contribution in [0.15, 0.2) is 65.6 Å². The Morgan fingerprint density at radius 2 is 1.69 bits per heavy atom. The number of carbonyl (C=O) groups is 1. The fourth-order valence-electron chi connectivity index (χ4n) is 3.94. The predicted molar refractivity (Wildman–Crippen MR) is 138 cm³/mol. The van der Waals surface area contributed by atoms with Gasteiger partial charge in [-0.1, -0.05) is 29.8 Å². The third-order valence-electron chi connectivity index (χ3n) is 5.88. The van der Waals surface area contributed by atoms with Gasteiger partial charge in [0.15, 0.2) is 0 Å². The number of ether oxygens (including phenoxy) is 1. The van der Waals surface area contributed by atoms with Gasteiger partial charge in [-0.2, -0.15) is 0 Å².